The van der Waals surface area contributed by atoms with E-state index in [4.69, 9.17) is 14.7 Å². The minimum Gasteiger partial charge on any atom is -0.861 e. The molecular weight excluding hydrogens is 713 g/mol. The number of pyridine rings is 1. The number of alkyl carbamates (subject to hydrolysis) is 1. The van der Waals surface area contributed by atoms with Crippen molar-refractivity contribution in [3.8, 4) is 0 Å². The maximum absolute atomic E-state index is 13.9. The van der Waals surface area contributed by atoms with Gasteiger partial charge in [0.15, 0.2) is 0 Å². The third-order valence-corrected chi connectivity index (χ3v) is 8.75. The van der Waals surface area contributed by atoms with Gasteiger partial charge in [-0.3, -0.25) is 19.9 Å². The molecule has 0 aliphatic carbocycles. The molecule has 0 saturated carbocycles. The zero-order valence-corrected chi connectivity index (χ0v) is 30.7. The van der Waals surface area contributed by atoms with Crippen molar-refractivity contribution in [2.24, 2.45) is 9.98 Å². The van der Waals surface area contributed by atoms with Crippen LogP contribution in [0.15, 0.2) is 131 Å². The zero-order valence-electron chi connectivity index (χ0n) is 29.8. The third-order valence-electron chi connectivity index (χ3n) is 8.75. The Morgan fingerprint density at radius 2 is 1.55 bits per heavy atom. The van der Waals surface area contributed by atoms with Crippen LogP contribution in [-0.4, -0.2) is 57.8 Å². The van der Waals surface area contributed by atoms with Gasteiger partial charge in [0.05, 0.1) is 28.6 Å². The molecule has 1 amide bonds. The van der Waals surface area contributed by atoms with Crippen LogP contribution in [0.25, 0.3) is 10.9 Å². The van der Waals surface area contributed by atoms with Gasteiger partial charge in [-0.1, -0.05) is 103 Å². The maximum Gasteiger partial charge on any atom is 2.00 e. The monoisotopic (exact) mass is 753 g/mol. The summed E-state index contributed by atoms with van der Waals surface area (Å²) >= 11 is 0. The number of nitrogens with zero attached hydrogens (tertiary/aromatic N) is 4. The molecule has 10 nitrogen and oxygen atoms in total. The molecule has 1 aliphatic rings. The number of nitrogens with one attached hydrogen (secondary N) is 1. The topological polar surface area (TPSA) is 142 Å². The molecule has 1 saturated heterocycles. The van der Waals surface area contributed by atoms with E-state index in [-0.39, 0.29) is 33.8 Å². The Morgan fingerprint density at radius 1 is 0.887 bits per heavy atom. The number of amides is 1. The largest absolute Gasteiger partial charge is 2.00 e. The van der Waals surface area contributed by atoms with E-state index in [1.807, 2.05) is 66.7 Å². The van der Waals surface area contributed by atoms with Gasteiger partial charge >= 0.3 is 22.6 Å². The van der Waals surface area contributed by atoms with Gasteiger partial charge in [0.2, 0.25) is 0 Å². The normalized spacial score (nSPS) is 16.4. The Balaban J connectivity index is 0.00000541. The van der Waals surface area contributed by atoms with Crippen molar-refractivity contribution in [2.45, 2.75) is 63.9 Å². The van der Waals surface area contributed by atoms with E-state index in [1.54, 1.807) is 75.4 Å². The van der Waals surface area contributed by atoms with Crippen LogP contribution in [-0.2, 0) is 32.6 Å². The first-order valence-corrected chi connectivity index (χ1v) is 17.4. The molecule has 1 aliphatic heterocycles. The van der Waals surface area contributed by atoms with E-state index in [1.165, 1.54) is 0 Å². The Hall–Kier alpha value is -5.38. The SMILES string of the molecule is CC(C)(C)OC(=O)N[C@@H](c1ccc2ccccc2n1)[C@H](N=C(c1ccccc1)c1ccccc1N=C([O-])[C@@H]1CCCN1Cc1ccccc1)C(=O)[O-].[Ni+2]. The van der Waals surface area contributed by atoms with Crippen LogP contribution in [0.1, 0.15) is 62.0 Å². The average molecular weight is 755 g/mol. The molecule has 3 atom stereocenters. The number of aromatic nitrogens is 1. The number of carboxylic acid groups (broad SMARTS) is 1. The minimum absolute atomic E-state index is 0. The number of ether oxygens (including phenoxy) is 1. The number of carboxylic acids is 1. The Labute approximate surface area is 319 Å². The number of para-hydroxylation sites is 2. The van der Waals surface area contributed by atoms with E-state index in [2.05, 4.69) is 15.2 Å². The van der Waals surface area contributed by atoms with Crippen molar-refractivity contribution in [1.29, 1.82) is 0 Å². The molecule has 1 aromatic heterocycles. The molecule has 0 bridgehead atoms. The van der Waals surface area contributed by atoms with Crippen molar-refractivity contribution in [3.05, 3.63) is 144 Å². The fraction of sp³-hybridized carbons (Fsp3) is 0.262. The number of benzene rings is 4. The first kappa shape index (κ1) is 38.8. The molecule has 2 heterocycles. The zero-order chi connectivity index (χ0) is 36.7. The van der Waals surface area contributed by atoms with Gasteiger partial charge in [-0.2, -0.15) is 0 Å². The number of hydrogen-bond acceptors (Lipinski definition) is 9. The number of fused-ring (bicyclic) bond motifs is 1. The van der Waals surface area contributed by atoms with Crippen LogP contribution in [0.4, 0.5) is 10.5 Å². The van der Waals surface area contributed by atoms with E-state index in [0.29, 0.717) is 35.3 Å². The van der Waals surface area contributed by atoms with Crippen molar-refractivity contribution in [1.82, 2.24) is 15.2 Å². The van der Waals surface area contributed by atoms with Gasteiger partial charge in [-0.15, -0.1) is 0 Å². The van der Waals surface area contributed by atoms with E-state index in [9.17, 15) is 19.8 Å². The third kappa shape index (κ3) is 9.94. The molecule has 274 valence electrons. The van der Waals surface area contributed by atoms with Crippen LogP contribution in [0.5, 0.6) is 0 Å². The number of likely N-dealkylation sites (tertiary alicyclic amines) is 1. The fourth-order valence-corrected chi connectivity index (χ4v) is 6.38. The van der Waals surface area contributed by atoms with E-state index >= 15 is 0 Å². The predicted octanol–water partition coefficient (Wildman–Crippen LogP) is 5.51. The molecule has 1 N–H and O–H groups in total. The van der Waals surface area contributed by atoms with Crippen molar-refractivity contribution in [2.75, 3.05) is 6.54 Å². The summed E-state index contributed by atoms with van der Waals surface area (Å²) in [5.41, 5.74) is 2.75. The number of aliphatic imine (C=N–C) groups is 2. The molecule has 0 radical (unpaired) electrons. The maximum atomic E-state index is 13.9. The fourth-order valence-electron chi connectivity index (χ4n) is 6.38. The van der Waals surface area contributed by atoms with Gasteiger partial charge < -0.3 is 25.1 Å². The standard InChI is InChI=1S/C42H43N5O5.Ni/c1-42(2,3)52-41(51)46-37(34-25-24-29-17-10-12-21-32(29)43-34)38(40(49)50)45-36(30-18-8-5-9-19-30)31-20-11-13-22-33(31)44-39(48)35-23-14-26-47(35)27-28-15-6-4-7-16-28;/h4-13,15-22,24-25,35,37-38H,14,23,26-27H2,1-3H3,(H,44,48)(H,46,51)(H,49,50);/q;+2/p-2/t35-,37-,38-;/m0./s1. The Morgan fingerprint density at radius 3 is 2.26 bits per heavy atom. The van der Waals surface area contributed by atoms with Crippen LogP contribution in [0, 0.1) is 0 Å². The molecule has 0 spiro atoms. The Kier molecular flexibility index (Phi) is 12.8. The van der Waals surface area contributed by atoms with Crippen molar-refractivity contribution < 1.29 is 41.0 Å². The minimum atomic E-state index is -1.67. The van der Waals surface area contributed by atoms with Crippen LogP contribution >= 0.6 is 0 Å². The summed E-state index contributed by atoms with van der Waals surface area (Å²) in [4.78, 5) is 42.7. The number of carbonyl (C=O) groups is 2. The molecule has 1 fully saturated rings. The molecule has 11 heteroatoms. The number of hydrogen-bond donors (Lipinski definition) is 1. The first-order valence-electron chi connectivity index (χ1n) is 17.4. The summed E-state index contributed by atoms with van der Waals surface area (Å²) < 4.78 is 5.54. The average Bonchev–Trinajstić information content (AvgIpc) is 3.60. The van der Waals surface area contributed by atoms with Crippen LogP contribution in [0.2, 0.25) is 0 Å². The molecule has 5 aromatic rings. The molecule has 6 rings (SSSR count). The van der Waals surface area contributed by atoms with E-state index < -0.39 is 35.8 Å². The first-order chi connectivity index (χ1) is 25.1. The molecule has 53 heavy (non-hydrogen) atoms. The number of rotatable bonds is 11. The summed E-state index contributed by atoms with van der Waals surface area (Å²) in [5.74, 6) is -1.83. The molecule has 4 aromatic carbocycles. The molecular formula is C42H41N5NiO5. The van der Waals surface area contributed by atoms with Gasteiger partial charge in [0, 0.05) is 29.1 Å². The number of carbonyl (C=O) groups excluding carboxylic acids is 2. The summed E-state index contributed by atoms with van der Waals surface area (Å²) in [6, 6.07) is 33.6. The summed E-state index contributed by atoms with van der Waals surface area (Å²) in [5, 5.41) is 30.6. The van der Waals surface area contributed by atoms with Gasteiger partial charge in [0.1, 0.15) is 17.7 Å². The smallest absolute Gasteiger partial charge is 0.861 e. The summed E-state index contributed by atoms with van der Waals surface area (Å²) in [6.45, 7) is 6.55. The summed E-state index contributed by atoms with van der Waals surface area (Å²) in [7, 11) is 0. The summed E-state index contributed by atoms with van der Waals surface area (Å²) in [6.07, 6.45) is 0.715. The second kappa shape index (κ2) is 17.4. The van der Waals surface area contributed by atoms with Crippen LogP contribution in [0.3, 0.4) is 0 Å². The Bertz CT molecular complexity index is 2080. The number of aliphatic carboxylic acids is 1. The second-order valence-electron chi connectivity index (χ2n) is 13.7. The quantitative estimate of drug-likeness (QED) is 0.107. The van der Waals surface area contributed by atoms with Crippen molar-refractivity contribution in [3.63, 3.8) is 0 Å². The van der Waals surface area contributed by atoms with Gasteiger partial charge in [0.25, 0.3) is 0 Å². The van der Waals surface area contributed by atoms with Crippen molar-refractivity contribution >= 4 is 40.3 Å². The van der Waals surface area contributed by atoms with Gasteiger partial charge in [-0.25, -0.2) is 4.79 Å². The van der Waals surface area contributed by atoms with Gasteiger partial charge in [-0.05, 0) is 69.8 Å². The van der Waals surface area contributed by atoms with E-state index in [0.717, 1.165) is 23.9 Å². The molecule has 0 unspecified atom stereocenters. The predicted molar refractivity (Wildman–Crippen MR) is 198 cm³/mol. The van der Waals surface area contributed by atoms with Crippen LogP contribution < -0.4 is 15.5 Å². The second-order valence-corrected chi connectivity index (χ2v) is 13.7.